The Morgan fingerprint density at radius 2 is 0.692 bits per heavy atom. The number of hydrogen-bond acceptors (Lipinski definition) is 2. The second-order valence-corrected chi connectivity index (χ2v) is 23.1. The van der Waals surface area contributed by atoms with Gasteiger partial charge in [-0.3, -0.25) is 0 Å². The molecule has 0 atom stereocenters. The van der Waals surface area contributed by atoms with Crippen molar-refractivity contribution in [3.63, 3.8) is 0 Å². The maximum absolute atomic E-state index is 8.24. The molecule has 0 aliphatic carbocycles. The highest BCUT2D eigenvalue weighted by Crippen LogP contribution is 2.23. The lowest BCUT2D eigenvalue weighted by Gasteiger charge is -2.44. The molecule has 0 bridgehead atoms. The van der Waals surface area contributed by atoms with Crippen molar-refractivity contribution in [3.8, 4) is 23.4 Å². The van der Waals surface area contributed by atoms with Gasteiger partial charge in [-0.15, -0.1) is 6.42 Å². The summed E-state index contributed by atoms with van der Waals surface area (Å²) in [5, 5.41) is 5.93. The van der Waals surface area contributed by atoms with Crippen molar-refractivity contribution in [1.82, 2.24) is 0 Å². The molecule has 2 nitrogen and oxygen atoms in total. The Morgan fingerprint density at radius 1 is 0.385 bits per heavy atom. The molecule has 0 fully saturated rings. The van der Waals surface area contributed by atoms with Crippen molar-refractivity contribution in [3.05, 3.63) is 215 Å². The van der Waals surface area contributed by atoms with Crippen LogP contribution in [0.5, 0.6) is 0 Å². The molecule has 0 amide bonds. The Labute approximate surface area is 323 Å². The zero-order chi connectivity index (χ0) is 35.7. The van der Waals surface area contributed by atoms with E-state index >= 15 is 0 Å². The van der Waals surface area contributed by atoms with E-state index < -0.39 is 25.2 Å². The molecule has 0 N–H and O–H groups in total. The van der Waals surface area contributed by atoms with Gasteiger partial charge in [-0.2, -0.15) is 0 Å². The van der Waals surface area contributed by atoms with Gasteiger partial charge in [0.15, 0.2) is 0 Å². The topological polar surface area (TPSA) is 18.5 Å². The fraction of sp³-hybridized carbons (Fsp3) is 0. The van der Waals surface area contributed by atoms with Crippen LogP contribution in [0.2, 0.25) is 0 Å². The van der Waals surface area contributed by atoms with E-state index in [4.69, 9.17) is 14.7 Å². The first-order valence-electron chi connectivity index (χ1n) is 17.1. The summed E-state index contributed by atoms with van der Waals surface area (Å²) in [6.07, 6.45) is 6.80. The molecule has 0 unspecified atom stereocenters. The molecule has 6 heteroatoms. The molecule has 0 saturated carbocycles. The molecular formula is C46H35IO2Si3. The average Bonchev–Trinajstić information content (AvgIpc) is 3.23. The number of hydrogen-bond donors (Lipinski definition) is 0. The van der Waals surface area contributed by atoms with Crippen LogP contribution in [0.3, 0.4) is 0 Å². The molecule has 0 aromatic heterocycles. The van der Waals surface area contributed by atoms with E-state index in [1.54, 1.807) is 0 Å². The van der Waals surface area contributed by atoms with Gasteiger partial charge in [-0.05, 0) is 78.0 Å². The quantitative estimate of drug-likeness (QED) is 0.0935. The third-order valence-electron chi connectivity index (χ3n) is 9.05. The number of halogens is 1. The van der Waals surface area contributed by atoms with Crippen molar-refractivity contribution in [2.45, 2.75) is 0 Å². The molecule has 0 heterocycles. The Bertz CT molecular complexity index is 2190. The van der Waals surface area contributed by atoms with Crippen molar-refractivity contribution in [2.24, 2.45) is 0 Å². The molecule has 0 aliphatic rings. The minimum absolute atomic E-state index is 0.918. The average molecular weight is 831 g/mol. The lowest BCUT2D eigenvalue weighted by molar-refractivity contribution is 0.431. The smallest absolute Gasteiger partial charge is 0.388 e. The van der Waals surface area contributed by atoms with Crippen molar-refractivity contribution < 1.29 is 8.23 Å². The monoisotopic (exact) mass is 830 g/mol. The fourth-order valence-electron chi connectivity index (χ4n) is 6.49. The first-order valence-corrected chi connectivity index (χ1v) is 23.8. The Hall–Kier alpha value is -5.04. The second kappa shape index (κ2) is 16.1. The Balaban J connectivity index is 1.60. The van der Waals surface area contributed by atoms with Gasteiger partial charge in [0, 0.05) is 9.13 Å². The third kappa shape index (κ3) is 7.19. The second-order valence-electron chi connectivity index (χ2n) is 12.3. The lowest BCUT2D eigenvalue weighted by atomic mass is 10.2. The molecular weight excluding hydrogens is 796 g/mol. The first-order chi connectivity index (χ1) is 25.6. The van der Waals surface area contributed by atoms with Crippen LogP contribution in [0.15, 0.2) is 206 Å². The normalized spacial score (nSPS) is 11.5. The van der Waals surface area contributed by atoms with Gasteiger partial charge in [-0.25, -0.2) is 0 Å². The summed E-state index contributed by atoms with van der Waals surface area (Å²) >= 11 is 2.33. The van der Waals surface area contributed by atoms with Crippen LogP contribution < -0.4 is 31.1 Å². The van der Waals surface area contributed by atoms with Crippen LogP contribution in [-0.4, -0.2) is 25.2 Å². The molecule has 7 rings (SSSR count). The summed E-state index contributed by atoms with van der Waals surface area (Å²) in [6.45, 7) is 0. The zero-order valence-electron chi connectivity index (χ0n) is 28.4. The summed E-state index contributed by atoms with van der Waals surface area (Å²) in [5.41, 5.74) is 8.10. The summed E-state index contributed by atoms with van der Waals surface area (Å²) in [5.74, 6) is 3.60. The highest BCUT2D eigenvalue weighted by atomic mass is 127. The largest absolute Gasteiger partial charge is 0.413 e. The van der Waals surface area contributed by atoms with Gasteiger partial charge in [-0.1, -0.05) is 199 Å². The van der Waals surface area contributed by atoms with E-state index in [-0.39, 0.29) is 0 Å². The molecule has 7 aromatic rings. The van der Waals surface area contributed by atoms with Crippen LogP contribution in [0, 0.1) is 27.0 Å². The van der Waals surface area contributed by atoms with Crippen LogP contribution >= 0.6 is 22.6 Å². The van der Waals surface area contributed by atoms with E-state index in [1.165, 1.54) is 0 Å². The van der Waals surface area contributed by atoms with E-state index in [1.807, 2.05) is 60.7 Å². The maximum Gasteiger partial charge on any atom is 0.388 e. The van der Waals surface area contributed by atoms with Gasteiger partial charge >= 0.3 is 25.2 Å². The summed E-state index contributed by atoms with van der Waals surface area (Å²) in [7, 11) is -10.9. The number of rotatable bonds is 10. The van der Waals surface area contributed by atoms with Gasteiger partial charge < -0.3 is 8.23 Å². The van der Waals surface area contributed by atoms with E-state index in [0.717, 1.165) is 40.3 Å². The standard InChI is InChI=1S/C46H35IO2Si3/c1-2-50(41-21-9-3-10-22-41,42-23-11-4-12-24-42)48-52(45-29-17-7-18-30-45,46-31-19-8-20-32-46)49-51(43-25-13-5-14-26-43,44-27-15-6-16-28-44)38-37-39-33-35-40(47)36-34-39/h1,3-36H. The van der Waals surface area contributed by atoms with Crippen LogP contribution in [-0.2, 0) is 8.23 Å². The van der Waals surface area contributed by atoms with Gasteiger partial charge in [0.05, 0.1) is 0 Å². The van der Waals surface area contributed by atoms with Crippen LogP contribution in [0.4, 0.5) is 0 Å². The third-order valence-corrected chi connectivity index (χ3v) is 22.2. The van der Waals surface area contributed by atoms with Crippen molar-refractivity contribution >= 4 is 78.9 Å². The fourth-order valence-corrected chi connectivity index (χ4v) is 20.9. The zero-order valence-corrected chi connectivity index (χ0v) is 33.6. The minimum atomic E-state index is -3.84. The number of terminal acetylenes is 1. The molecule has 250 valence electrons. The number of benzene rings is 7. The molecule has 0 aliphatic heterocycles. The highest BCUT2D eigenvalue weighted by molar-refractivity contribution is 14.1. The van der Waals surface area contributed by atoms with Gasteiger partial charge in [0.25, 0.3) is 0 Å². The van der Waals surface area contributed by atoms with E-state index in [2.05, 4.69) is 185 Å². The highest BCUT2D eigenvalue weighted by Gasteiger charge is 2.57. The Morgan fingerprint density at radius 3 is 1.04 bits per heavy atom. The minimum Gasteiger partial charge on any atom is -0.413 e. The molecule has 7 aromatic carbocycles. The summed E-state index contributed by atoms with van der Waals surface area (Å²) in [4.78, 5) is 0. The SMILES string of the molecule is C#C[Si](O[Si](O[Si](C#Cc1ccc(I)cc1)(c1ccccc1)c1ccccc1)(c1ccccc1)c1ccccc1)(c1ccccc1)c1ccccc1. The van der Waals surface area contributed by atoms with Crippen LogP contribution in [0.1, 0.15) is 5.56 Å². The predicted octanol–water partition coefficient (Wildman–Crippen LogP) is 6.16. The maximum atomic E-state index is 8.24. The van der Waals surface area contributed by atoms with E-state index in [9.17, 15) is 0 Å². The van der Waals surface area contributed by atoms with Gasteiger partial charge in [0.2, 0.25) is 0 Å². The van der Waals surface area contributed by atoms with Crippen molar-refractivity contribution in [2.75, 3.05) is 0 Å². The molecule has 0 saturated heterocycles. The van der Waals surface area contributed by atoms with E-state index in [0.29, 0.717) is 0 Å². The predicted molar refractivity (Wildman–Crippen MR) is 231 cm³/mol. The Kier molecular flexibility index (Phi) is 11.0. The van der Waals surface area contributed by atoms with Gasteiger partial charge in [0.1, 0.15) is 0 Å². The first kappa shape index (κ1) is 35.4. The van der Waals surface area contributed by atoms with Crippen LogP contribution in [0.25, 0.3) is 0 Å². The molecule has 0 spiro atoms. The lowest BCUT2D eigenvalue weighted by Crippen LogP contribution is -2.79. The summed E-state index contributed by atoms with van der Waals surface area (Å²) in [6, 6.07) is 70.7. The summed E-state index contributed by atoms with van der Waals surface area (Å²) < 4.78 is 17.5. The molecule has 0 radical (unpaired) electrons. The van der Waals surface area contributed by atoms with Crippen molar-refractivity contribution in [1.29, 1.82) is 0 Å². The molecule has 52 heavy (non-hydrogen) atoms.